The van der Waals surface area contributed by atoms with Crippen LogP contribution in [-0.2, 0) is 4.79 Å². The minimum absolute atomic E-state index is 0.0817. The number of thiazole rings is 1. The van der Waals surface area contributed by atoms with E-state index in [2.05, 4.69) is 28.9 Å². The van der Waals surface area contributed by atoms with Gasteiger partial charge in [0.15, 0.2) is 11.4 Å². The second-order valence-corrected chi connectivity index (χ2v) is 10.6. The van der Waals surface area contributed by atoms with Crippen LogP contribution >= 0.6 is 11.3 Å². The molecule has 0 aromatic carbocycles. The molecule has 4 aromatic rings. The summed E-state index contributed by atoms with van der Waals surface area (Å²) in [6.45, 7) is 7.57. The molecule has 4 aromatic heterocycles. The molecule has 192 valence electrons. The first-order chi connectivity index (χ1) is 17.8. The number of nitrogens with two attached hydrogens (primary N) is 1. The summed E-state index contributed by atoms with van der Waals surface area (Å²) >= 11 is 1.53. The number of pyridine rings is 1. The number of fused-ring (bicyclic) bond motifs is 1. The normalized spacial score (nSPS) is 18.4. The number of nitrogens with zero attached hydrogens (tertiary/aromatic N) is 6. The Balaban J connectivity index is 1.53. The van der Waals surface area contributed by atoms with Crippen LogP contribution in [0.15, 0.2) is 36.1 Å². The summed E-state index contributed by atoms with van der Waals surface area (Å²) in [6, 6.07) is 4.23. The summed E-state index contributed by atoms with van der Waals surface area (Å²) in [7, 11) is 0. The molecule has 1 fully saturated rings. The van der Waals surface area contributed by atoms with Crippen molar-refractivity contribution in [2.75, 3.05) is 5.73 Å². The molecule has 0 aliphatic carbocycles. The van der Waals surface area contributed by atoms with Gasteiger partial charge in [0.05, 0.1) is 23.1 Å². The summed E-state index contributed by atoms with van der Waals surface area (Å²) in [5, 5.41) is 7.23. The Morgan fingerprint density at radius 1 is 1.22 bits per heavy atom. The van der Waals surface area contributed by atoms with Gasteiger partial charge in [0, 0.05) is 53.3 Å². The molecule has 9 nitrogen and oxygen atoms in total. The van der Waals surface area contributed by atoms with Gasteiger partial charge in [-0.2, -0.15) is 9.61 Å². The summed E-state index contributed by atoms with van der Waals surface area (Å²) in [6.07, 6.45) is 8.37. The van der Waals surface area contributed by atoms with E-state index in [-0.39, 0.29) is 35.5 Å². The topological polar surface area (TPSA) is 119 Å². The molecule has 0 spiro atoms. The lowest BCUT2D eigenvalue weighted by Crippen LogP contribution is -2.40. The van der Waals surface area contributed by atoms with Crippen LogP contribution in [0.4, 0.5) is 5.82 Å². The number of carbonyl (C=O) groups excluding carboxylic acids is 2. The number of anilines is 1. The van der Waals surface area contributed by atoms with Crippen LogP contribution in [-0.4, -0.2) is 53.2 Å². The molecule has 3 atom stereocenters. The lowest BCUT2D eigenvalue weighted by atomic mass is 9.92. The highest BCUT2D eigenvalue weighted by Crippen LogP contribution is 2.36. The average molecular weight is 518 g/mol. The molecule has 1 amide bonds. The molecule has 0 radical (unpaired) electrons. The van der Waals surface area contributed by atoms with Crippen molar-refractivity contribution < 1.29 is 9.59 Å². The summed E-state index contributed by atoms with van der Waals surface area (Å²) < 4.78 is 1.53. The van der Waals surface area contributed by atoms with Gasteiger partial charge in [0.1, 0.15) is 10.8 Å². The number of amides is 1. The van der Waals surface area contributed by atoms with Gasteiger partial charge in [-0.15, -0.1) is 11.3 Å². The van der Waals surface area contributed by atoms with Gasteiger partial charge >= 0.3 is 0 Å². The van der Waals surface area contributed by atoms with Gasteiger partial charge < -0.3 is 10.6 Å². The Bertz CT molecular complexity index is 1450. The maximum atomic E-state index is 12.7. The van der Waals surface area contributed by atoms with Gasteiger partial charge in [-0.1, -0.05) is 19.9 Å². The van der Waals surface area contributed by atoms with Crippen molar-refractivity contribution in [2.24, 2.45) is 0 Å². The third kappa shape index (κ3) is 4.50. The smallest absolute Gasteiger partial charge is 0.222 e. The molecule has 1 aliphatic rings. The number of likely N-dealkylation sites (tertiary alicyclic amines) is 1. The molecule has 3 unspecified atom stereocenters. The molecular formula is C27H31N7O2S. The maximum absolute atomic E-state index is 12.7. The number of carbonyl (C=O) groups is 2. The SMILES string of the molecule is CCC(=O)N1C(C)CCC1CC(C)c1nc2c(-c3ccc(-c4nccs4)nc3)cnn2c(N)c1C(C)=O. The highest BCUT2D eigenvalue weighted by atomic mass is 32.1. The second-order valence-electron chi connectivity index (χ2n) is 9.75. The molecule has 0 bridgehead atoms. The summed E-state index contributed by atoms with van der Waals surface area (Å²) in [5.74, 6) is 0.214. The number of rotatable bonds is 7. The Morgan fingerprint density at radius 2 is 2.03 bits per heavy atom. The van der Waals surface area contributed by atoms with E-state index in [1.165, 1.54) is 22.8 Å². The van der Waals surface area contributed by atoms with Crippen molar-refractivity contribution in [3.05, 3.63) is 47.4 Å². The van der Waals surface area contributed by atoms with Gasteiger partial charge in [0.2, 0.25) is 5.91 Å². The van der Waals surface area contributed by atoms with Crippen molar-refractivity contribution >= 4 is 34.5 Å². The molecule has 5 rings (SSSR count). The van der Waals surface area contributed by atoms with E-state index in [4.69, 9.17) is 10.7 Å². The van der Waals surface area contributed by atoms with E-state index < -0.39 is 0 Å². The lowest BCUT2D eigenvalue weighted by Gasteiger charge is -2.30. The van der Waals surface area contributed by atoms with E-state index >= 15 is 0 Å². The first-order valence-electron chi connectivity index (χ1n) is 12.7. The molecule has 0 saturated carbocycles. The van der Waals surface area contributed by atoms with Crippen LogP contribution in [0.5, 0.6) is 0 Å². The van der Waals surface area contributed by atoms with Crippen LogP contribution in [0.2, 0.25) is 0 Å². The van der Waals surface area contributed by atoms with Gasteiger partial charge in [-0.05, 0) is 39.2 Å². The number of ketones is 1. The molecule has 1 saturated heterocycles. The fraction of sp³-hybridized carbons (Fsp3) is 0.407. The van der Waals surface area contributed by atoms with Crippen molar-refractivity contribution in [1.82, 2.24) is 29.5 Å². The van der Waals surface area contributed by atoms with Crippen molar-refractivity contribution in [3.63, 3.8) is 0 Å². The van der Waals surface area contributed by atoms with Crippen molar-refractivity contribution in [3.8, 4) is 21.8 Å². The predicted molar refractivity (Wildman–Crippen MR) is 144 cm³/mol. The zero-order valence-corrected chi connectivity index (χ0v) is 22.3. The van der Waals surface area contributed by atoms with Crippen LogP contribution in [0.3, 0.4) is 0 Å². The monoisotopic (exact) mass is 517 g/mol. The molecule has 2 N–H and O–H groups in total. The summed E-state index contributed by atoms with van der Waals surface area (Å²) in [5.41, 5.74) is 10.6. The quantitative estimate of drug-likeness (QED) is 0.343. The Labute approximate surface area is 219 Å². The summed E-state index contributed by atoms with van der Waals surface area (Å²) in [4.78, 5) is 41.3. The molecular weight excluding hydrogens is 486 g/mol. The lowest BCUT2D eigenvalue weighted by molar-refractivity contribution is -0.133. The van der Waals surface area contributed by atoms with E-state index in [0.29, 0.717) is 29.7 Å². The van der Waals surface area contributed by atoms with Crippen LogP contribution in [0, 0.1) is 0 Å². The van der Waals surface area contributed by atoms with Crippen molar-refractivity contribution in [2.45, 2.75) is 71.4 Å². The molecule has 1 aliphatic heterocycles. The molecule has 10 heteroatoms. The van der Waals surface area contributed by atoms with Crippen molar-refractivity contribution in [1.29, 1.82) is 0 Å². The first kappa shape index (κ1) is 25.0. The van der Waals surface area contributed by atoms with Gasteiger partial charge in [-0.3, -0.25) is 14.6 Å². The Kier molecular flexibility index (Phi) is 6.76. The standard InChI is InChI=1S/C27H31N7O2S/c1-5-22(36)33-16(3)6-8-19(33)12-15(2)24-23(17(4)35)25(28)34-26(32-24)20(14-31-34)18-7-9-21(30-13-18)27-29-10-11-37-27/h7,9-11,13-16,19H,5-6,8,12,28H2,1-4H3. The van der Waals surface area contributed by atoms with Gasteiger partial charge in [-0.25, -0.2) is 9.97 Å². The third-order valence-electron chi connectivity index (χ3n) is 7.26. The number of aromatic nitrogens is 5. The Morgan fingerprint density at radius 3 is 2.68 bits per heavy atom. The van der Waals surface area contributed by atoms with Crippen LogP contribution < -0.4 is 5.73 Å². The number of nitrogen functional groups attached to an aromatic ring is 1. The zero-order valence-electron chi connectivity index (χ0n) is 21.5. The fourth-order valence-corrected chi connectivity index (χ4v) is 6.05. The van der Waals surface area contributed by atoms with E-state index in [1.54, 1.807) is 18.6 Å². The first-order valence-corrected chi connectivity index (χ1v) is 13.5. The van der Waals surface area contributed by atoms with Crippen LogP contribution in [0.25, 0.3) is 27.5 Å². The molecule has 37 heavy (non-hydrogen) atoms. The van der Waals surface area contributed by atoms with Crippen LogP contribution in [0.1, 0.15) is 75.3 Å². The van der Waals surface area contributed by atoms with Gasteiger partial charge in [0.25, 0.3) is 0 Å². The largest absolute Gasteiger partial charge is 0.383 e. The van der Waals surface area contributed by atoms with E-state index in [9.17, 15) is 9.59 Å². The predicted octanol–water partition coefficient (Wildman–Crippen LogP) is 4.98. The van der Waals surface area contributed by atoms with E-state index in [0.717, 1.165) is 34.7 Å². The number of hydrogen-bond acceptors (Lipinski definition) is 8. The number of hydrogen-bond donors (Lipinski definition) is 1. The third-order valence-corrected chi connectivity index (χ3v) is 8.05. The minimum atomic E-state index is -0.151. The minimum Gasteiger partial charge on any atom is -0.383 e. The highest BCUT2D eigenvalue weighted by molar-refractivity contribution is 7.13. The maximum Gasteiger partial charge on any atom is 0.222 e. The second kappa shape index (κ2) is 10.0. The zero-order chi connectivity index (χ0) is 26.3. The highest BCUT2D eigenvalue weighted by Gasteiger charge is 2.35. The molecule has 5 heterocycles. The average Bonchev–Trinajstić information content (AvgIpc) is 3.64. The Hall–Kier alpha value is -3.66. The van der Waals surface area contributed by atoms with E-state index in [1.807, 2.05) is 29.3 Å². The number of Topliss-reactive ketones (excluding diaryl/α,β-unsaturated/α-hetero) is 1. The fourth-order valence-electron chi connectivity index (χ4n) is 5.44.